The third-order valence-electron chi connectivity index (χ3n) is 6.51. The molecule has 0 aromatic heterocycles. The molecule has 190 valence electrons. The minimum absolute atomic E-state index is 0.104. The molecular weight excluding hydrogens is 524 g/mol. The highest BCUT2D eigenvalue weighted by Gasteiger charge is 2.45. The van der Waals surface area contributed by atoms with E-state index in [1.165, 1.54) is 0 Å². The largest absolute Gasteiger partial charge is 0.507 e. The van der Waals surface area contributed by atoms with E-state index in [2.05, 4.69) is 27.4 Å². The number of ketones is 1. The molecule has 0 unspecified atom stereocenters. The summed E-state index contributed by atoms with van der Waals surface area (Å²) in [5, 5.41) is 11.3. The number of rotatable bonds is 9. The quantitative estimate of drug-likeness (QED) is 0.213. The molecule has 0 spiro atoms. The number of carbonyl (C=O) groups excluding carboxylic acids is 2. The van der Waals surface area contributed by atoms with E-state index < -0.39 is 17.7 Å². The number of aryl methyl sites for hydroxylation is 1. The van der Waals surface area contributed by atoms with E-state index in [-0.39, 0.29) is 11.3 Å². The predicted molar refractivity (Wildman–Crippen MR) is 142 cm³/mol. The zero-order chi connectivity index (χ0) is 25.7. The van der Waals surface area contributed by atoms with Crippen molar-refractivity contribution in [3.8, 4) is 5.75 Å². The summed E-state index contributed by atoms with van der Waals surface area (Å²) in [5.41, 5.74) is 2.15. The number of morpholine rings is 1. The van der Waals surface area contributed by atoms with Gasteiger partial charge in [-0.25, -0.2) is 0 Å². The summed E-state index contributed by atoms with van der Waals surface area (Å²) in [6.07, 6.45) is 2.38. The summed E-state index contributed by atoms with van der Waals surface area (Å²) in [4.78, 5) is 30.3. The Labute approximate surface area is 220 Å². The molecule has 2 heterocycles. The molecule has 7 nitrogen and oxygen atoms in total. The first-order valence-electron chi connectivity index (χ1n) is 12.1. The maximum absolute atomic E-state index is 13.3. The highest BCUT2D eigenvalue weighted by Crippen LogP contribution is 2.40. The zero-order valence-electron chi connectivity index (χ0n) is 20.4. The molecule has 1 atom stereocenters. The van der Waals surface area contributed by atoms with Crippen LogP contribution in [0.5, 0.6) is 5.75 Å². The molecular formula is C28H31BrN2O5. The van der Waals surface area contributed by atoms with Gasteiger partial charge in [0.25, 0.3) is 11.7 Å². The van der Waals surface area contributed by atoms with Gasteiger partial charge in [0.15, 0.2) is 0 Å². The SMILES string of the molecule is C=CCOc1ccc(C(O)=C2C(=O)C(=O)N(CCCN3CCOCC3)[C@@H]2c2ccc(Br)cc2)cc1C. The van der Waals surface area contributed by atoms with E-state index in [1.54, 1.807) is 29.2 Å². The second-order valence-electron chi connectivity index (χ2n) is 8.93. The summed E-state index contributed by atoms with van der Waals surface area (Å²) >= 11 is 3.45. The number of hydrogen-bond donors (Lipinski definition) is 1. The maximum atomic E-state index is 13.3. The smallest absolute Gasteiger partial charge is 0.295 e. The van der Waals surface area contributed by atoms with Crippen molar-refractivity contribution in [1.29, 1.82) is 0 Å². The van der Waals surface area contributed by atoms with Crippen molar-refractivity contribution < 1.29 is 24.2 Å². The van der Waals surface area contributed by atoms with Gasteiger partial charge in [0.2, 0.25) is 0 Å². The van der Waals surface area contributed by atoms with Gasteiger partial charge in [0.05, 0.1) is 24.8 Å². The standard InChI is InChI=1S/C28H31BrN2O5/c1-3-15-36-23-10-7-21(18-19(23)2)26(32)24-25(20-5-8-22(29)9-6-20)31(28(34)27(24)33)12-4-11-30-13-16-35-17-14-30/h3,5-10,18,25,32H,1,4,11-17H2,2H3/t25-/m1/s1. The van der Waals surface area contributed by atoms with E-state index >= 15 is 0 Å². The van der Waals surface area contributed by atoms with Crippen molar-refractivity contribution in [2.24, 2.45) is 0 Å². The van der Waals surface area contributed by atoms with Gasteiger partial charge in [-0.3, -0.25) is 14.5 Å². The van der Waals surface area contributed by atoms with Crippen LogP contribution in [0.15, 0.2) is 65.2 Å². The highest BCUT2D eigenvalue weighted by molar-refractivity contribution is 9.10. The Hall–Kier alpha value is -2.94. The molecule has 2 aliphatic rings. The number of carbonyl (C=O) groups is 2. The lowest BCUT2D eigenvalue weighted by atomic mass is 9.94. The lowest BCUT2D eigenvalue weighted by molar-refractivity contribution is -0.140. The number of benzene rings is 2. The Balaban J connectivity index is 1.66. The van der Waals surface area contributed by atoms with Gasteiger partial charge in [-0.05, 0) is 54.8 Å². The third kappa shape index (κ3) is 5.72. The normalized spacial score (nSPS) is 20.1. The van der Waals surface area contributed by atoms with Crippen LogP contribution < -0.4 is 4.74 Å². The van der Waals surface area contributed by atoms with E-state index in [0.29, 0.717) is 44.1 Å². The van der Waals surface area contributed by atoms with Crippen LogP contribution in [-0.2, 0) is 14.3 Å². The Morgan fingerprint density at radius 2 is 1.89 bits per heavy atom. The van der Waals surface area contributed by atoms with Gasteiger partial charge in [-0.15, -0.1) is 0 Å². The number of amides is 1. The summed E-state index contributed by atoms with van der Waals surface area (Å²) < 4.78 is 11.9. The van der Waals surface area contributed by atoms with Crippen LogP contribution in [0.4, 0.5) is 0 Å². The van der Waals surface area contributed by atoms with Crippen molar-refractivity contribution in [2.75, 3.05) is 46.0 Å². The highest BCUT2D eigenvalue weighted by atomic mass is 79.9. The molecule has 1 amide bonds. The second kappa shape index (κ2) is 11.9. The first kappa shape index (κ1) is 26.1. The minimum Gasteiger partial charge on any atom is -0.507 e. The monoisotopic (exact) mass is 554 g/mol. The molecule has 2 saturated heterocycles. The lowest BCUT2D eigenvalue weighted by Crippen LogP contribution is -2.38. The summed E-state index contributed by atoms with van der Waals surface area (Å²) in [6.45, 7) is 10.3. The fourth-order valence-corrected chi connectivity index (χ4v) is 4.92. The number of aliphatic hydroxyl groups is 1. The Morgan fingerprint density at radius 3 is 2.56 bits per heavy atom. The summed E-state index contributed by atoms with van der Waals surface area (Å²) in [7, 11) is 0. The molecule has 2 aliphatic heterocycles. The predicted octanol–water partition coefficient (Wildman–Crippen LogP) is 4.47. The average molecular weight is 555 g/mol. The van der Waals surface area contributed by atoms with E-state index in [4.69, 9.17) is 9.47 Å². The number of Topliss-reactive ketones (excluding diaryl/α,β-unsaturated/α-hetero) is 1. The number of nitrogens with zero attached hydrogens (tertiary/aromatic N) is 2. The van der Waals surface area contributed by atoms with Crippen LogP contribution in [0.2, 0.25) is 0 Å². The fourth-order valence-electron chi connectivity index (χ4n) is 4.65. The number of hydrogen-bond acceptors (Lipinski definition) is 6. The molecule has 0 radical (unpaired) electrons. The minimum atomic E-state index is -0.670. The zero-order valence-corrected chi connectivity index (χ0v) is 22.0. The molecule has 4 rings (SSSR count). The molecule has 2 aromatic carbocycles. The van der Waals surface area contributed by atoms with E-state index in [1.807, 2.05) is 31.2 Å². The molecule has 0 saturated carbocycles. The van der Waals surface area contributed by atoms with Crippen molar-refractivity contribution in [3.63, 3.8) is 0 Å². The van der Waals surface area contributed by atoms with Crippen molar-refractivity contribution >= 4 is 33.4 Å². The van der Waals surface area contributed by atoms with Gasteiger partial charge in [0.1, 0.15) is 18.1 Å². The van der Waals surface area contributed by atoms with Crippen molar-refractivity contribution in [1.82, 2.24) is 9.80 Å². The van der Waals surface area contributed by atoms with Crippen LogP contribution in [0.25, 0.3) is 5.76 Å². The van der Waals surface area contributed by atoms with Crippen LogP contribution in [0, 0.1) is 6.92 Å². The Kier molecular flexibility index (Phi) is 8.61. The van der Waals surface area contributed by atoms with Crippen molar-refractivity contribution in [2.45, 2.75) is 19.4 Å². The van der Waals surface area contributed by atoms with Crippen LogP contribution in [-0.4, -0.2) is 72.6 Å². The van der Waals surface area contributed by atoms with Gasteiger partial charge in [-0.1, -0.05) is 40.7 Å². The lowest BCUT2D eigenvalue weighted by Gasteiger charge is -2.29. The molecule has 2 fully saturated rings. The Bertz CT molecular complexity index is 1160. The molecule has 1 N–H and O–H groups in total. The number of ether oxygens (including phenoxy) is 2. The summed E-state index contributed by atoms with van der Waals surface area (Å²) in [5.74, 6) is -0.777. The second-order valence-corrected chi connectivity index (χ2v) is 9.85. The summed E-state index contributed by atoms with van der Waals surface area (Å²) in [6, 6.07) is 12.0. The molecule has 36 heavy (non-hydrogen) atoms. The van der Waals surface area contributed by atoms with Gasteiger partial charge < -0.3 is 19.5 Å². The molecule has 8 heteroatoms. The topological polar surface area (TPSA) is 79.3 Å². The van der Waals surface area contributed by atoms with Gasteiger partial charge >= 0.3 is 0 Å². The Morgan fingerprint density at radius 1 is 1.17 bits per heavy atom. The molecule has 2 aromatic rings. The number of likely N-dealkylation sites (tertiary alicyclic amines) is 1. The van der Waals surface area contributed by atoms with Gasteiger partial charge in [0, 0.05) is 36.2 Å². The van der Waals surface area contributed by atoms with E-state index in [0.717, 1.165) is 35.2 Å². The van der Waals surface area contributed by atoms with Crippen LogP contribution >= 0.6 is 15.9 Å². The first-order valence-corrected chi connectivity index (χ1v) is 12.9. The number of aliphatic hydroxyl groups excluding tert-OH is 1. The molecule has 0 aliphatic carbocycles. The first-order chi connectivity index (χ1) is 17.4. The van der Waals surface area contributed by atoms with Gasteiger partial charge in [-0.2, -0.15) is 0 Å². The molecule has 0 bridgehead atoms. The van der Waals surface area contributed by atoms with Crippen LogP contribution in [0.3, 0.4) is 0 Å². The third-order valence-corrected chi connectivity index (χ3v) is 7.04. The maximum Gasteiger partial charge on any atom is 0.295 e. The fraction of sp³-hybridized carbons (Fsp3) is 0.357. The number of halogens is 1. The van der Waals surface area contributed by atoms with E-state index in [9.17, 15) is 14.7 Å². The average Bonchev–Trinajstić information content (AvgIpc) is 3.13. The van der Waals surface area contributed by atoms with Crippen LogP contribution in [0.1, 0.15) is 29.2 Å². The van der Waals surface area contributed by atoms with Crippen molar-refractivity contribution in [3.05, 3.63) is 81.9 Å².